The van der Waals surface area contributed by atoms with Gasteiger partial charge in [-0.3, -0.25) is 0 Å². The molecular formula is C13H26N2O3. The lowest BCUT2D eigenvalue weighted by molar-refractivity contribution is -0.0715. The monoisotopic (exact) mass is 258 g/mol. The van der Waals surface area contributed by atoms with Gasteiger partial charge in [0.2, 0.25) is 0 Å². The Balaban J connectivity index is 2.58. The topological polar surface area (TPSA) is 75.8 Å². The van der Waals surface area contributed by atoms with Crippen LogP contribution in [0, 0.1) is 5.92 Å². The van der Waals surface area contributed by atoms with E-state index in [0.29, 0.717) is 32.5 Å². The summed E-state index contributed by atoms with van der Waals surface area (Å²) in [6.45, 7) is 9.01. The Morgan fingerprint density at radius 1 is 1.56 bits per heavy atom. The zero-order valence-electron chi connectivity index (χ0n) is 11.9. The maximum absolute atomic E-state index is 11.9. The molecule has 0 saturated carbocycles. The average molecular weight is 258 g/mol. The number of rotatable bonds is 2. The summed E-state index contributed by atoms with van der Waals surface area (Å²) >= 11 is 0. The van der Waals surface area contributed by atoms with Crippen LogP contribution in [0.3, 0.4) is 0 Å². The number of amides is 1. The third kappa shape index (κ3) is 3.85. The third-order valence-corrected chi connectivity index (χ3v) is 3.46. The second-order valence-electron chi connectivity index (χ2n) is 6.22. The summed E-state index contributed by atoms with van der Waals surface area (Å²) in [5.41, 5.74) is 4.30. The number of likely N-dealkylation sites (tertiary alicyclic amines) is 1. The van der Waals surface area contributed by atoms with Gasteiger partial charge >= 0.3 is 6.09 Å². The highest BCUT2D eigenvalue weighted by molar-refractivity contribution is 5.68. The van der Waals surface area contributed by atoms with Gasteiger partial charge in [-0.2, -0.15) is 0 Å². The minimum atomic E-state index is -0.743. The molecule has 1 aliphatic heterocycles. The highest BCUT2D eigenvalue weighted by Gasteiger charge is 2.40. The zero-order valence-corrected chi connectivity index (χ0v) is 11.9. The Labute approximate surface area is 109 Å². The Kier molecular flexibility index (Phi) is 4.61. The van der Waals surface area contributed by atoms with E-state index in [4.69, 9.17) is 10.5 Å². The summed E-state index contributed by atoms with van der Waals surface area (Å²) in [4.78, 5) is 13.6. The fourth-order valence-corrected chi connectivity index (χ4v) is 2.28. The normalized spacial score (nSPS) is 29.2. The second-order valence-corrected chi connectivity index (χ2v) is 6.22. The van der Waals surface area contributed by atoms with Gasteiger partial charge in [0, 0.05) is 19.0 Å². The van der Waals surface area contributed by atoms with Crippen molar-refractivity contribution in [2.24, 2.45) is 11.7 Å². The molecule has 5 nitrogen and oxygen atoms in total. The first-order valence-electron chi connectivity index (χ1n) is 6.58. The van der Waals surface area contributed by atoms with E-state index in [9.17, 15) is 9.90 Å². The van der Waals surface area contributed by atoms with E-state index in [1.54, 1.807) is 4.90 Å². The van der Waals surface area contributed by atoms with Crippen LogP contribution < -0.4 is 5.73 Å². The standard InChI is InChI=1S/C13H26N2O3/c1-10-9-15(11(16)18-12(2,3)4)8-6-13(10,17)5-7-14/h10,17H,5-9,14H2,1-4H3. The smallest absolute Gasteiger partial charge is 0.410 e. The van der Waals surface area contributed by atoms with Crippen LogP contribution in [0.4, 0.5) is 4.79 Å². The predicted molar refractivity (Wildman–Crippen MR) is 70.2 cm³/mol. The summed E-state index contributed by atoms with van der Waals surface area (Å²) in [5, 5.41) is 10.4. The number of ether oxygens (including phenoxy) is 1. The highest BCUT2D eigenvalue weighted by atomic mass is 16.6. The van der Waals surface area contributed by atoms with Crippen molar-refractivity contribution >= 4 is 6.09 Å². The summed E-state index contributed by atoms with van der Waals surface area (Å²) < 4.78 is 5.33. The van der Waals surface area contributed by atoms with Crippen molar-refractivity contribution in [1.82, 2.24) is 4.90 Å². The van der Waals surface area contributed by atoms with Crippen molar-refractivity contribution in [3.05, 3.63) is 0 Å². The van der Waals surface area contributed by atoms with Gasteiger partial charge in [0.15, 0.2) is 0 Å². The molecular weight excluding hydrogens is 232 g/mol. The SMILES string of the molecule is CC1CN(C(=O)OC(C)(C)C)CCC1(O)CCN. The summed E-state index contributed by atoms with van der Waals surface area (Å²) in [6, 6.07) is 0. The molecule has 1 aliphatic rings. The number of hydrogen-bond acceptors (Lipinski definition) is 4. The molecule has 1 fully saturated rings. The minimum Gasteiger partial charge on any atom is -0.444 e. The van der Waals surface area contributed by atoms with Crippen molar-refractivity contribution < 1.29 is 14.6 Å². The van der Waals surface area contributed by atoms with Crippen molar-refractivity contribution in [2.75, 3.05) is 19.6 Å². The van der Waals surface area contributed by atoms with E-state index in [2.05, 4.69) is 0 Å². The molecule has 0 aromatic heterocycles. The van der Waals surface area contributed by atoms with E-state index in [0.717, 1.165) is 0 Å². The molecule has 0 aromatic rings. The summed E-state index contributed by atoms with van der Waals surface area (Å²) in [6.07, 6.45) is 0.838. The summed E-state index contributed by atoms with van der Waals surface area (Å²) in [7, 11) is 0. The lowest BCUT2D eigenvalue weighted by Gasteiger charge is -2.43. The largest absolute Gasteiger partial charge is 0.444 e. The first-order chi connectivity index (χ1) is 8.18. The molecule has 1 heterocycles. The van der Waals surface area contributed by atoms with Crippen LogP contribution in [-0.2, 0) is 4.74 Å². The quantitative estimate of drug-likeness (QED) is 0.784. The first-order valence-corrected chi connectivity index (χ1v) is 6.58. The van der Waals surface area contributed by atoms with Crippen LogP contribution in [0.25, 0.3) is 0 Å². The number of piperidine rings is 1. The fraction of sp³-hybridized carbons (Fsp3) is 0.923. The first kappa shape index (κ1) is 15.2. The van der Waals surface area contributed by atoms with Crippen LogP contribution in [0.5, 0.6) is 0 Å². The fourth-order valence-electron chi connectivity index (χ4n) is 2.28. The number of nitrogens with two attached hydrogens (primary N) is 1. The van der Waals surface area contributed by atoms with Gasteiger partial charge in [-0.15, -0.1) is 0 Å². The van der Waals surface area contributed by atoms with Crippen LogP contribution >= 0.6 is 0 Å². The molecule has 0 radical (unpaired) electrons. The molecule has 3 N–H and O–H groups in total. The molecule has 1 saturated heterocycles. The average Bonchev–Trinajstić information content (AvgIpc) is 2.20. The van der Waals surface area contributed by atoms with Crippen LogP contribution in [0.1, 0.15) is 40.5 Å². The lowest BCUT2D eigenvalue weighted by atomic mass is 9.80. The van der Waals surface area contributed by atoms with E-state index >= 15 is 0 Å². The molecule has 2 unspecified atom stereocenters. The number of nitrogens with zero attached hydrogens (tertiary/aromatic N) is 1. The molecule has 106 valence electrons. The molecule has 2 atom stereocenters. The molecule has 5 heteroatoms. The van der Waals surface area contributed by atoms with Gasteiger partial charge in [-0.1, -0.05) is 6.92 Å². The van der Waals surface area contributed by atoms with Gasteiger partial charge in [0.05, 0.1) is 5.60 Å². The van der Waals surface area contributed by atoms with Crippen LogP contribution in [-0.4, -0.2) is 46.9 Å². The van der Waals surface area contributed by atoms with Crippen molar-refractivity contribution in [2.45, 2.75) is 51.7 Å². The van der Waals surface area contributed by atoms with Crippen molar-refractivity contribution in [1.29, 1.82) is 0 Å². The third-order valence-electron chi connectivity index (χ3n) is 3.46. The lowest BCUT2D eigenvalue weighted by Crippen LogP contribution is -2.53. The second kappa shape index (κ2) is 5.45. The Morgan fingerprint density at radius 3 is 2.61 bits per heavy atom. The molecule has 0 aliphatic carbocycles. The molecule has 1 rings (SSSR count). The van der Waals surface area contributed by atoms with E-state index in [1.807, 2.05) is 27.7 Å². The van der Waals surface area contributed by atoms with Gasteiger partial charge in [-0.05, 0) is 40.2 Å². The maximum Gasteiger partial charge on any atom is 0.410 e. The Bertz CT molecular complexity index is 301. The minimum absolute atomic E-state index is 0.0160. The Morgan fingerprint density at radius 2 is 2.17 bits per heavy atom. The number of aliphatic hydroxyl groups is 1. The van der Waals surface area contributed by atoms with Gasteiger partial charge in [0.25, 0.3) is 0 Å². The Hall–Kier alpha value is -0.810. The molecule has 0 aromatic carbocycles. The van der Waals surface area contributed by atoms with Crippen molar-refractivity contribution in [3.63, 3.8) is 0 Å². The van der Waals surface area contributed by atoms with Gasteiger partial charge in [-0.25, -0.2) is 4.79 Å². The maximum atomic E-state index is 11.9. The van der Waals surface area contributed by atoms with E-state index in [-0.39, 0.29) is 12.0 Å². The predicted octanol–water partition coefficient (Wildman–Crippen LogP) is 1.34. The summed E-state index contributed by atoms with van der Waals surface area (Å²) in [5.74, 6) is 0.0160. The van der Waals surface area contributed by atoms with Crippen LogP contribution in [0.15, 0.2) is 0 Å². The molecule has 1 amide bonds. The number of hydrogen-bond donors (Lipinski definition) is 2. The zero-order chi connectivity index (χ0) is 14.0. The number of carbonyl (C=O) groups is 1. The molecule has 0 bridgehead atoms. The van der Waals surface area contributed by atoms with Crippen molar-refractivity contribution in [3.8, 4) is 0 Å². The van der Waals surface area contributed by atoms with Gasteiger partial charge < -0.3 is 20.5 Å². The number of carbonyl (C=O) groups excluding carboxylic acids is 1. The molecule has 0 spiro atoms. The van der Waals surface area contributed by atoms with Crippen LogP contribution in [0.2, 0.25) is 0 Å². The van der Waals surface area contributed by atoms with E-state index in [1.165, 1.54) is 0 Å². The van der Waals surface area contributed by atoms with E-state index < -0.39 is 11.2 Å². The highest BCUT2D eigenvalue weighted by Crippen LogP contribution is 2.31. The van der Waals surface area contributed by atoms with Gasteiger partial charge in [0.1, 0.15) is 5.60 Å². The molecule has 18 heavy (non-hydrogen) atoms.